The molecule has 3 rings (SSSR count). The van der Waals surface area contributed by atoms with E-state index in [0.717, 1.165) is 31.5 Å². The first-order valence-corrected chi connectivity index (χ1v) is 7.63. The average Bonchev–Trinajstić information content (AvgIpc) is 3.05. The van der Waals surface area contributed by atoms with Gasteiger partial charge >= 0.3 is 0 Å². The molecule has 2 aromatic rings. The Balaban J connectivity index is 1.85. The Kier molecular flexibility index (Phi) is 4.24. The van der Waals surface area contributed by atoms with E-state index in [1.54, 1.807) is 23.1 Å². The van der Waals surface area contributed by atoms with Crippen LogP contribution in [0.15, 0.2) is 41.2 Å². The molecule has 0 unspecified atom stereocenters. The molecule has 1 aromatic heterocycles. The molecule has 1 aromatic carbocycles. The Morgan fingerprint density at radius 3 is 2.45 bits per heavy atom. The van der Waals surface area contributed by atoms with Crippen LogP contribution in [0.5, 0.6) is 0 Å². The maximum Gasteiger partial charge on any atom is 0.267 e. The summed E-state index contributed by atoms with van der Waals surface area (Å²) in [5.41, 5.74) is 1.22. The fourth-order valence-corrected chi connectivity index (χ4v) is 2.66. The standard InChI is InChI=1S/C16H16ClN3O2/c17-13-5-3-12(4-6-13)14-7-8-15(21)20(18-14)11-16(22)19-9-1-2-10-19/h3-8H,1-2,9-11H2. The third-order valence-electron chi connectivity index (χ3n) is 3.75. The fraction of sp³-hybridized carbons (Fsp3) is 0.312. The Bertz CT molecular complexity index is 734. The van der Waals surface area contributed by atoms with Crippen LogP contribution in [0.2, 0.25) is 5.02 Å². The van der Waals surface area contributed by atoms with Crippen LogP contribution in [0.3, 0.4) is 0 Å². The minimum Gasteiger partial charge on any atom is -0.341 e. The zero-order chi connectivity index (χ0) is 15.5. The molecule has 0 spiro atoms. The van der Waals surface area contributed by atoms with E-state index in [-0.39, 0.29) is 18.0 Å². The quantitative estimate of drug-likeness (QED) is 0.872. The van der Waals surface area contributed by atoms with E-state index >= 15 is 0 Å². The van der Waals surface area contributed by atoms with Crippen molar-refractivity contribution in [3.8, 4) is 11.3 Å². The molecule has 22 heavy (non-hydrogen) atoms. The van der Waals surface area contributed by atoms with Gasteiger partial charge in [0, 0.05) is 29.7 Å². The number of carbonyl (C=O) groups excluding carboxylic acids is 1. The predicted octanol–water partition coefficient (Wildman–Crippen LogP) is 2.19. The zero-order valence-electron chi connectivity index (χ0n) is 12.0. The highest BCUT2D eigenvalue weighted by Gasteiger charge is 2.19. The summed E-state index contributed by atoms with van der Waals surface area (Å²) in [6.07, 6.45) is 2.05. The summed E-state index contributed by atoms with van der Waals surface area (Å²) in [5, 5.41) is 4.94. The van der Waals surface area contributed by atoms with E-state index < -0.39 is 0 Å². The fourth-order valence-electron chi connectivity index (χ4n) is 2.53. The molecule has 0 N–H and O–H groups in total. The molecule has 1 aliphatic heterocycles. The number of aromatic nitrogens is 2. The van der Waals surface area contributed by atoms with Gasteiger partial charge in [-0.1, -0.05) is 23.7 Å². The minimum absolute atomic E-state index is 0.0136. The Labute approximate surface area is 133 Å². The highest BCUT2D eigenvalue weighted by molar-refractivity contribution is 6.30. The molecular formula is C16H16ClN3O2. The van der Waals surface area contributed by atoms with E-state index in [2.05, 4.69) is 5.10 Å². The number of nitrogens with zero attached hydrogens (tertiary/aromatic N) is 3. The van der Waals surface area contributed by atoms with Crippen molar-refractivity contribution in [3.63, 3.8) is 0 Å². The van der Waals surface area contributed by atoms with Gasteiger partial charge in [0.25, 0.3) is 5.56 Å². The molecule has 1 aliphatic rings. The van der Waals surface area contributed by atoms with E-state index in [0.29, 0.717) is 10.7 Å². The topological polar surface area (TPSA) is 55.2 Å². The largest absolute Gasteiger partial charge is 0.341 e. The first-order valence-electron chi connectivity index (χ1n) is 7.25. The number of carbonyl (C=O) groups is 1. The van der Waals surface area contributed by atoms with Crippen molar-refractivity contribution in [2.45, 2.75) is 19.4 Å². The van der Waals surface area contributed by atoms with Crippen molar-refractivity contribution >= 4 is 17.5 Å². The van der Waals surface area contributed by atoms with Crippen LogP contribution in [0.25, 0.3) is 11.3 Å². The molecule has 0 bridgehead atoms. The third-order valence-corrected chi connectivity index (χ3v) is 4.00. The van der Waals surface area contributed by atoms with Crippen molar-refractivity contribution in [2.75, 3.05) is 13.1 Å². The summed E-state index contributed by atoms with van der Waals surface area (Å²) in [6, 6.07) is 10.3. The van der Waals surface area contributed by atoms with Crippen LogP contribution >= 0.6 is 11.6 Å². The van der Waals surface area contributed by atoms with Crippen molar-refractivity contribution in [1.29, 1.82) is 0 Å². The number of hydrogen-bond acceptors (Lipinski definition) is 3. The number of amides is 1. The van der Waals surface area contributed by atoms with Crippen molar-refractivity contribution in [1.82, 2.24) is 14.7 Å². The Hall–Kier alpha value is -2.14. The summed E-state index contributed by atoms with van der Waals surface area (Å²) < 4.78 is 1.23. The molecule has 1 amide bonds. The monoisotopic (exact) mass is 317 g/mol. The van der Waals surface area contributed by atoms with Crippen LogP contribution in [0.1, 0.15) is 12.8 Å². The van der Waals surface area contributed by atoms with Gasteiger partial charge in [-0.25, -0.2) is 4.68 Å². The van der Waals surface area contributed by atoms with Crippen molar-refractivity contribution in [2.24, 2.45) is 0 Å². The Morgan fingerprint density at radius 1 is 1.09 bits per heavy atom. The maximum absolute atomic E-state index is 12.2. The van der Waals surface area contributed by atoms with Crippen LogP contribution in [0.4, 0.5) is 0 Å². The lowest BCUT2D eigenvalue weighted by atomic mass is 10.1. The molecule has 114 valence electrons. The number of likely N-dealkylation sites (tertiary alicyclic amines) is 1. The molecule has 0 aliphatic carbocycles. The first kappa shape index (κ1) is 14.8. The average molecular weight is 318 g/mol. The molecule has 1 saturated heterocycles. The first-order chi connectivity index (χ1) is 10.6. The lowest BCUT2D eigenvalue weighted by Gasteiger charge is -2.15. The molecule has 5 nitrogen and oxygen atoms in total. The summed E-state index contributed by atoms with van der Waals surface area (Å²) in [5.74, 6) is -0.0552. The van der Waals surface area contributed by atoms with Gasteiger partial charge in [-0.3, -0.25) is 9.59 Å². The van der Waals surface area contributed by atoms with Crippen molar-refractivity contribution < 1.29 is 4.79 Å². The number of halogens is 1. The molecule has 6 heteroatoms. The van der Waals surface area contributed by atoms with Gasteiger partial charge in [0.15, 0.2) is 0 Å². The lowest BCUT2D eigenvalue weighted by molar-refractivity contribution is -0.131. The van der Waals surface area contributed by atoms with Gasteiger partial charge in [-0.2, -0.15) is 5.10 Å². The summed E-state index contributed by atoms with van der Waals surface area (Å²) in [4.78, 5) is 25.9. The van der Waals surface area contributed by atoms with Gasteiger partial charge in [0.05, 0.1) is 5.69 Å². The van der Waals surface area contributed by atoms with E-state index in [4.69, 9.17) is 11.6 Å². The normalized spacial score (nSPS) is 14.3. The lowest BCUT2D eigenvalue weighted by Crippen LogP contribution is -2.35. The van der Waals surface area contributed by atoms with Crippen molar-refractivity contribution in [3.05, 3.63) is 51.8 Å². The van der Waals surface area contributed by atoms with Gasteiger partial charge < -0.3 is 4.90 Å². The summed E-state index contributed by atoms with van der Waals surface area (Å²) in [6.45, 7) is 1.52. The molecule has 2 heterocycles. The van der Waals surface area contributed by atoms with E-state index in [1.165, 1.54) is 10.7 Å². The molecule has 0 atom stereocenters. The van der Waals surface area contributed by atoms with E-state index in [9.17, 15) is 9.59 Å². The summed E-state index contributed by atoms with van der Waals surface area (Å²) in [7, 11) is 0. The third kappa shape index (κ3) is 3.20. The molecule has 0 saturated carbocycles. The predicted molar refractivity (Wildman–Crippen MR) is 84.8 cm³/mol. The number of benzene rings is 1. The van der Waals surface area contributed by atoms with Crippen LogP contribution in [-0.4, -0.2) is 33.7 Å². The summed E-state index contributed by atoms with van der Waals surface area (Å²) >= 11 is 5.87. The SMILES string of the molecule is O=C(Cn1nc(-c2ccc(Cl)cc2)ccc1=O)N1CCCC1. The molecule has 0 radical (unpaired) electrons. The van der Waals surface area contributed by atoms with Gasteiger partial charge in [-0.15, -0.1) is 0 Å². The van der Waals surface area contributed by atoms with Crippen LogP contribution in [-0.2, 0) is 11.3 Å². The smallest absolute Gasteiger partial charge is 0.267 e. The minimum atomic E-state index is -0.273. The molecule has 1 fully saturated rings. The van der Waals surface area contributed by atoms with Crippen LogP contribution in [0, 0.1) is 0 Å². The maximum atomic E-state index is 12.2. The van der Waals surface area contributed by atoms with Gasteiger partial charge in [-0.05, 0) is 31.0 Å². The second-order valence-corrected chi connectivity index (χ2v) is 5.75. The number of rotatable bonds is 3. The van der Waals surface area contributed by atoms with Gasteiger partial charge in [0.2, 0.25) is 5.91 Å². The van der Waals surface area contributed by atoms with E-state index in [1.807, 2.05) is 12.1 Å². The second kappa shape index (κ2) is 6.32. The highest BCUT2D eigenvalue weighted by atomic mass is 35.5. The van der Waals surface area contributed by atoms with Crippen LogP contribution < -0.4 is 5.56 Å². The zero-order valence-corrected chi connectivity index (χ0v) is 12.8. The molecular weight excluding hydrogens is 302 g/mol. The highest BCUT2D eigenvalue weighted by Crippen LogP contribution is 2.18. The second-order valence-electron chi connectivity index (χ2n) is 5.31. The Morgan fingerprint density at radius 2 is 1.77 bits per heavy atom. The number of hydrogen-bond donors (Lipinski definition) is 0. The van der Waals surface area contributed by atoms with Gasteiger partial charge in [0.1, 0.15) is 6.54 Å².